The van der Waals surface area contributed by atoms with Gasteiger partial charge in [0.1, 0.15) is 6.61 Å². The van der Waals surface area contributed by atoms with Crippen molar-refractivity contribution in [3.63, 3.8) is 0 Å². The van der Waals surface area contributed by atoms with Crippen LogP contribution in [0.2, 0.25) is 0 Å². The van der Waals surface area contributed by atoms with Gasteiger partial charge < -0.3 is 20.1 Å². The lowest BCUT2D eigenvalue weighted by Gasteiger charge is -2.19. The van der Waals surface area contributed by atoms with E-state index in [1.807, 2.05) is 12.2 Å². The van der Waals surface area contributed by atoms with Crippen molar-refractivity contribution in [2.45, 2.75) is 187 Å². The molecule has 9 nitrogen and oxygen atoms in total. The summed E-state index contributed by atoms with van der Waals surface area (Å²) in [7, 11) is -4.40. The number of nitrogens with two attached hydrogens (primary N) is 1. The Morgan fingerprint density at radius 1 is 0.544 bits per heavy atom. The van der Waals surface area contributed by atoms with Gasteiger partial charge >= 0.3 is 19.8 Å². The molecule has 0 bridgehead atoms. The molecule has 0 amide bonds. The van der Waals surface area contributed by atoms with E-state index < -0.39 is 32.5 Å². The summed E-state index contributed by atoms with van der Waals surface area (Å²) < 4.78 is 32.7. The van der Waals surface area contributed by atoms with Gasteiger partial charge in [-0.05, 0) is 51.4 Å². The monoisotopic (exact) mass is 820 g/mol. The van der Waals surface area contributed by atoms with Gasteiger partial charge in [0.2, 0.25) is 0 Å². The lowest BCUT2D eigenvalue weighted by atomic mass is 10.0. The largest absolute Gasteiger partial charge is 0.472 e. The zero-order valence-electron chi connectivity index (χ0n) is 36.0. The molecule has 0 aliphatic heterocycles. The maximum Gasteiger partial charge on any atom is 0.472 e. The van der Waals surface area contributed by atoms with Gasteiger partial charge in [-0.25, -0.2) is 4.57 Å². The molecule has 0 saturated carbocycles. The van der Waals surface area contributed by atoms with Crippen molar-refractivity contribution in [1.82, 2.24) is 0 Å². The topological polar surface area (TPSA) is 134 Å². The number of carbonyl (C=O) groups is 2. The highest BCUT2D eigenvalue weighted by Crippen LogP contribution is 2.43. The molecule has 0 spiro atoms. The van der Waals surface area contributed by atoms with Gasteiger partial charge in [0.05, 0.1) is 13.2 Å². The van der Waals surface area contributed by atoms with E-state index in [9.17, 15) is 19.0 Å². The van der Waals surface area contributed by atoms with E-state index in [0.717, 1.165) is 57.8 Å². The number of hydrogen-bond donors (Lipinski definition) is 2. The highest BCUT2D eigenvalue weighted by atomic mass is 31.2. The highest BCUT2D eigenvalue weighted by Gasteiger charge is 2.25. The molecule has 0 aromatic carbocycles. The Kier molecular flexibility index (Phi) is 41.1. The fourth-order valence-electron chi connectivity index (χ4n) is 5.84. The van der Waals surface area contributed by atoms with E-state index >= 15 is 0 Å². The molecule has 57 heavy (non-hydrogen) atoms. The molecule has 3 N–H and O–H groups in total. The van der Waals surface area contributed by atoms with Crippen LogP contribution in [0.15, 0.2) is 72.9 Å². The first-order valence-corrected chi connectivity index (χ1v) is 23.9. The number of carbonyl (C=O) groups excluding carboxylic acids is 2. The fourth-order valence-corrected chi connectivity index (χ4v) is 6.60. The summed E-state index contributed by atoms with van der Waals surface area (Å²) in [5, 5.41) is 0. The van der Waals surface area contributed by atoms with Crippen LogP contribution in [-0.4, -0.2) is 49.3 Å². The van der Waals surface area contributed by atoms with Crippen LogP contribution < -0.4 is 5.73 Å². The molecule has 0 aliphatic carbocycles. The van der Waals surface area contributed by atoms with Crippen LogP contribution in [0.1, 0.15) is 181 Å². The van der Waals surface area contributed by atoms with Gasteiger partial charge in [0, 0.05) is 19.4 Å². The average molecular weight is 820 g/mol. The molecule has 10 heteroatoms. The summed E-state index contributed by atoms with van der Waals surface area (Å²) in [5.41, 5.74) is 5.35. The summed E-state index contributed by atoms with van der Waals surface area (Å²) in [6, 6.07) is 0. The zero-order chi connectivity index (χ0) is 41.8. The van der Waals surface area contributed by atoms with Gasteiger partial charge in [-0.3, -0.25) is 18.6 Å². The molecule has 0 saturated heterocycles. The number of allylic oxidation sites excluding steroid dienone is 12. The van der Waals surface area contributed by atoms with Crippen LogP contribution in [0.25, 0.3) is 0 Å². The van der Waals surface area contributed by atoms with Crippen LogP contribution in [0.4, 0.5) is 0 Å². The van der Waals surface area contributed by atoms with Gasteiger partial charge in [0.15, 0.2) is 6.10 Å². The van der Waals surface area contributed by atoms with Crippen LogP contribution in [0, 0.1) is 0 Å². The third-order valence-electron chi connectivity index (χ3n) is 9.12. The van der Waals surface area contributed by atoms with Crippen LogP contribution in [0.5, 0.6) is 0 Å². The van der Waals surface area contributed by atoms with Gasteiger partial charge in [0.25, 0.3) is 0 Å². The number of ether oxygens (including phenoxy) is 2. The standard InChI is InChI=1S/C47H82NO8P/c1-3-5-7-9-11-13-15-17-19-21-22-24-25-27-29-31-33-35-37-39-46(49)53-43-45(44-55-57(51,52)54-42-41-48)56-47(50)40-38-36-34-32-30-28-26-23-20-18-16-14-12-10-8-6-4-2/h5,7,11,13,17,19,22,24,27,29,33,35,45H,3-4,6,8-10,12,14-16,18,20-21,23,25-26,28,30-32,34,36-44,48H2,1-2H3,(H,51,52)/b7-5-,13-11-,19-17-,24-22-,29-27-,35-33-/t45-/m1/s1. The second-order valence-corrected chi connectivity index (χ2v) is 16.0. The molecule has 0 aliphatic rings. The number of phosphoric acid groups is 1. The van der Waals surface area contributed by atoms with Crippen molar-refractivity contribution in [1.29, 1.82) is 0 Å². The highest BCUT2D eigenvalue weighted by molar-refractivity contribution is 7.47. The Balaban J connectivity index is 4.25. The van der Waals surface area contributed by atoms with Crippen molar-refractivity contribution in [2.24, 2.45) is 5.73 Å². The van der Waals surface area contributed by atoms with E-state index in [1.165, 1.54) is 83.5 Å². The molecule has 1 unspecified atom stereocenters. The Morgan fingerprint density at radius 2 is 0.965 bits per heavy atom. The van der Waals surface area contributed by atoms with Gasteiger partial charge in [-0.15, -0.1) is 0 Å². The first kappa shape index (κ1) is 54.5. The number of hydrogen-bond acceptors (Lipinski definition) is 8. The lowest BCUT2D eigenvalue weighted by Crippen LogP contribution is -2.29. The first-order chi connectivity index (χ1) is 27.8. The molecular formula is C47H82NO8P. The molecule has 0 aromatic heterocycles. The van der Waals surface area contributed by atoms with E-state index in [1.54, 1.807) is 0 Å². The van der Waals surface area contributed by atoms with Crippen LogP contribution in [-0.2, 0) is 32.7 Å². The number of unbranched alkanes of at least 4 members (excludes halogenated alkanes) is 16. The molecule has 0 radical (unpaired) electrons. The smallest absolute Gasteiger partial charge is 0.462 e. The minimum Gasteiger partial charge on any atom is -0.462 e. The van der Waals surface area contributed by atoms with E-state index in [4.69, 9.17) is 24.3 Å². The maximum atomic E-state index is 12.6. The third-order valence-corrected chi connectivity index (χ3v) is 10.1. The van der Waals surface area contributed by atoms with Crippen LogP contribution >= 0.6 is 7.82 Å². The van der Waals surface area contributed by atoms with E-state index in [-0.39, 0.29) is 32.6 Å². The second kappa shape index (κ2) is 43.0. The Hall–Kier alpha value is -2.55. The minimum absolute atomic E-state index is 0.0417. The van der Waals surface area contributed by atoms with Gasteiger partial charge in [-0.2, -0.15) is 0 Å². The summed E-state index contributed by atoms with van der Waals surface area (Å²) in [5.74, 6) is -0.926. The molecule has 0 aromatic rings. The molecule has 2 atom stereocenters. The van der Waals surface area contributed by atoms with Crippen molar-refractivity contribution < 1.29 is 37.6 Å². The van der Waals surface area contributed by atoms with Crippen LogP contribution in [0.3, 0.4) is 0 Å². The average Bonchev–Trinajstić information content (AvgIpc) is 3.20. The Labute approximate surface area is 348 Å². The van der Waals surface area contributed by atoms with Crippen molar-refractivity contribution in [2.75, 3.05) is 26.4 Å². The Bertz CT molecular complexity index is 1160. The molecular weight excluding hydrogens is 737 g/mol. The fraction of sp³-hybridized carbons (Fsp3) is 0.702. The minimum atomic E-state index is -4.40. The number of rotatable bonds is 41. The lowest BCUT2D eigenvalue weighted by molar-refractivity contribution is -0.161. The summed E-state index contributed by atoms with van der Waals surface area (Å²) >= 11 is 0. The quantitative estimate of drug-likeness (QED) is 0.0267. The van der Waals surface area contributed by atoms with E-state index in [2.05, 4.69) is 74.6 Å². The normalized spacial score (nSPS) is 14.0. The first-order valence-electron chi connectivity index (χ1n) is 22.4. The molecule has 0 rings (SSSR count). The Morgan fingerprint density at radius 3 is 1.40 bits per heavy atom. The van der Waals surface area contributed by atoms with Crippen molar-refractivity contribution in [3.8, 4) is 0 Å². The predicted molar refractivity (Wildman–Crippen MR) is 238 cm³/mol. The molecule has 0 fully saturated rings. The van der Waals surface area contributed by atoms with Crippen molar-refractivity contribution in [3.05, 3.63) is 72.9 Å². The number of phosphoric ester groups is 1. The number of esters is 2. The summed E-state index contributed by atoms with van der Waals surface area (Å²) in [6.07, 6.45) is 52.3. The second-order valence-electron chi connectivity index (χ2n) is 14.5. The summed E-state index contributed by atoms with van der Waals surface area (Å²) in [6.45, 7) is 3.54. The summed E-state index contributed by atoms with van der Waals surface area (Å²) in [4.78, 5) is 34.9. The zero-order valence-corrected chi connectivity index (χ0v) is 36.9. The predicted octanol–water partition coefficient (Wildman–Crippen LogP) is 13.1. The molecule has 0 heterocycles. The molecule has 328 valence electrons. The third kappa shape index (κ3) is 42.9. The maximum absolute atomic E-state index is 12.6. The van der Waals surface area contributed by atoms with Gasteiger partial charge in [-0.1, -0.05) is 189 Å². The SMILES string of the molecule is CC/C=C\C/C=C\C/C=C\C/C=C\C/C=C\C/C=C\CCC(=O)OC[C@H](COP(=O)(O)OCCN)OC(=O)CCCCCCCCCCCCCCCCCCC. The van der Waals surface area contributed by atoms with E-state index in [0.29, 0.717) is 12.8 Å². The van der Waals surface area contributed by atoms with Crippen molar-refractivity contribution >= 4 is 19.8 Å².